The third-order valence-corrected chi connectivity index (χ3v) is 3.30. The number of aromatic nitrogens is 1. The van der Waals surface area contributed by atoms with Gasteiger partial charge in [-0.05, 0) is 44.0 Å². The number of aryl methyl sites for hydroxylation is 3. The second-order valence-corrected chi connectivity index (χ2v) is 5.02. The highest BCUT2D eigenvalue weighted by Crippen LogP contribution is 2.30. The quantitative estimate of drug-likeness (QED) is 0.666. The van der Waals surface area contributed by atoms with Crippen molar-refractivity contribution in [2.45, 2.75) is 20.8 Å². The van der Waals surface area contributed by atoms with E-state index in [9.17, 15) is 0 Å². The van der Waals surface area contributed by atoms with Crippen LogP contribution in [0.3, 0.4) is 0 Å². The van der Waals surface area contributed by atoms with Crippen molar-refractivity contribution in [3.05, 3.63) is 47.0 Å². The van der Waals surface area contributed by atoms with Crippen molar-refractivity contribution < 1.29 is 4.42 Å². The van der Waals surface area contributed by atoms with Gasteiger partial charge in [-0.3, -0.25) is 0 Å². The highest BCUT2D eigenvalue weighted by Gasteiger charge is 2.13. The summed E-state index contributed by atoms with van der Waals surface area (Å²) in [5.74, 6) is 0.663. The Labute approximate surface area is 112 Å². The Kier molecular flexibility index (Phi) is 2.56. The third-order valence-electron chi connectivity index (χ3n) is 3.30. The minimum absolute atomic E-state index is 0.663. The van der Waals surface area contributed by atoms with Crippen molar-refractivity contribution in [3.8, 4) is 11.5 Å². The molecule has 0 aliphatic heterocycles. The maximum atomic E-state index is 5.85. The van der Waals surface area contributed by atoms with E-state index in [0.717, 1.165) is 16.7 Å². The fourth-order valence-electron chi connectivity index (χ4n) is 2.57. The predicted octanol–water partition coefficient (Wildman–Crippen LogP) is 4.00. The van der Waals surface area contributed by atoms with Crippen LogP contribution in [0.25, 0.3) is 22.6 Å². The van der Waals surface area contributed by atoms with Crippen LogP contribution in [0.4, 0.5) is 5.69 Å². The molecule has 0 aliphatic carbocycles. The molecular weight excluding hydrogens is 236 g/mol. The molecule has 2 aromatic carbocycles. The smallest absolute Gasteiger partial charge is 0.227 e. The van der Waals surface area contributed by atoms with E-state index in [-0.39, 0.29) is 0 Å². The molecule has 0 amide bonds. The normalized spacial score (nSPS) is 11.1. The minimum atomic E-state index is 0.663. The van der Waals surface area contributed by atoms with Gasteiger partial charge in [0, 0.05) is 17.3 Å². The van der Waals surface area contributed by atoms with Crippen LogP contribution in [0.15, 0.2) is 34.7 Å². The molecule has 19 heavy (non-hydrogen) atoms. The number of nitrogens with zero attached hydrogens (tertiary/aromatic N) is 1. The second-order valence-electron chi connectivity index (χ2n) is 5.02. The van der Waals surface area contributed by atoms with Gasteiger partial charge in [-0.2, -0.15) is 0 Å². The summed E-state index contributed by atoms with van der Waals surface area (Å²) < 4.78 is 5.85. The highest BCUT2D eigenvalue weighted by atomic mass is 16.3. The molecule has 0 spiro atoms. The minimum Gasteiger partial charge on any atom is -0.436 e. The Bertz CT molecular complexity index is 749. The van der Waals surface area contributed by atoms with E-state index in [0.29, 0.717) is 11.6 Å². The first-order valence-electron chi connectivity index (χ1n) is 6.29. The van der Waals surface area contributed by atoms with Crippen molar-refractivity contribution in [1.29, 1.82) is 0 Å². The molecule has 3 rings (SSSR count). The zero-order valence-corrected chi connectivity index (χ0v) is 11.3. The molecule has 0 fully saturated rings. The molecule has 0 atom stereocenters. The summed E-state index contributed by atoms with van der Waals surface area (Å²) in [6, 6.07) is 9.82. The van der Waals surface area contributed by atoms with Crippen LogP contribution in [0, 0.1) is 20.8 Å². The number of hydrogen-bond donors (Lipinski definition) is 1. The third kappa shape index (κ3) is 1.97. The van der Waals surface area contributed by atoms with Gasteiger partial charge < -0.3 is 10.2 Å². The summed E-state index contributed by atoms with van der Waals surface area (Å²) in [4.78, 5) is 4.55. The van der Waals surface area contributed by atoms with Crippen molar-refractivity contribution in [2.75, 3.05) is 5.73 Å². The van der Waals surface area contributed by atoms with Gasteiger partial charge in [-0.15, -0.1) is 0 Å². The van der Waals surface area contributed by atoms with Crippen molar-refractivity contribution in [2.24, 2.45) is 0 Å². The molecule has 96 valence electrons. The average Bonchev–Trinajstić information content (AvgIpc) is 2.69. The number of nitrogen functional groups attached to an aromatic ring is 1. The first kappa shape index (κ1) is 11.8. The zero-order valence-electron chi connectivity index (χ0n) is 11.3. The molecule has 0 bridgehead atoms. The Morgan fingerprint density at radius 2 is 1.68 bits per heavy atom. The first-order valence-corrected chi connectivity index (χ1v) is 6.29. The number of benzene rings is 2. The van der Waals surface area contributed by atoms with Crippen molar-refractivity contribution in [3.63, 3.8) is 0 Å². The lowest BCUT2D eigenvalue weighted by atomic mass is 10.00. The highest BCUT2D eigenvalue weighted by molar-refractivity contribution is 5.80. The molecular formula is C16H16N2O. The van der Waals surface area contributed by atoms with Crippen molar-refractivity contribution in [1.82, 2.24) is 4.98 Å². The molecule has 0 unspecified atom stereocenters. The predicted molar refractivity (Wildman–Crippen MR) is 78.1 cm³/mol. The summed E-state index contributed by atoms with van der Waals surface area (Å²) >= 11 is 0. The molecule has 0 aliphatic rings. The molecule has 1 aromatic heterocycles. The Morgan fingerprint density at radius 3 is 2.37 bits per heavy atom. The second kappa shape index (κ2) is 4.12. The van der Waals surface area contributed by atoms with Crippen LogP contribution in [0.2, 0.25) is 0 Å². The molecule has 3 aromatic rings. The number of anilines is 1. The van der Waals surface area contributed by atoms with E-state index in [4.69, 9.17) is 10.2 Å². The van der Waals surface area contributed by atoms with Gasteiger partial charge in [0.15, 0.2) is 5.58 Å². The van der Waals surface area contributed by atoms with E-state index >= 15 is 0 Å². The van der Waals surface area contributed by atoms with E-state index in [1.54, 1.807) is 0 Å². The number of rotatable bonds is 1. The Balaban J connectivity index is 2.24. The van der Waals surface area contributed by atoms with Gasteiger partial charge in [0.25, 0.3) is 0 Å². The zero-order chi connectivity index (χ0) is 13.6. The van der Waals surface area contributed by atoms with Crippen LogP contribution >= 0.6 is 0 Å². The summed E-state index contributed by atoms with van der Waals surface area (Å²) in [5.41, 5.74) is 12.7. The van der Waals surface area contributed by atoms with Gasteiger partial charge in [-0.1, -0.05) is 17.7 Å². The van der Waals surface area contributed by atoms with Gasteiger partial charge >= 0.3 is 0 Å². The summed E-state index contributed by atoms with van der Waals surface area (Å²) in [6.07, 6.45) is 0. The fourth-order valence-corrected chi connectivity index (χ4v) is 2.57. The number of nitrogens with two attached hydrogens (primary N) is 1. The summed E-state index contributed by atoms with van der Waals surface area (Å²) in [5, 5.41) is 0. The van der Waals surface area contributed by atoms with E-state index < -0.39 is 0 Å². The maximum Gasteiger partial charge on any atom is 0.227 e. The van der Waals surface area contributed by atoms with Gasteiger partial charge in [0.1, 0.15) is 5.52 Å². The lowest BCUT2D eigenvalue weighted by Gasteiger charge is -2.07. The number of fused-ring (bicyclic) bond motifs is 1. The molecule has 3 nitrogen and oxygen atoms in total. The summed E-state index contributed by atoms with van der Waals surface area (Å²) in [7, 11) is 0. The maximum absolute atomic E-state index is 5.85. The van der Waals surface area contributed by atoms with Gasteiger partial charge in [0.05, 0.1) is 0 Å². The molecule has 2 N–H and O–H groups in total. The monoisotopic (exact) mass is 252 g/mol. The van der Waals surface area contributed by atoms with E-state index in [1.165, 1.54) is 16.7 Å². The molecule has 1 heterocycles. The Morgan fingerprint density at radius 1 is 1.00 bits per heavy atom. The van der Waals surface area contributed by atoms with Gasteiger partial charge in [-0.25, -0.2) is 4.98 Å². The first-order chi connectivity index (χ1) is 9.04. The summed E-state index contributed by atoms with van der Waals surface area (Å²) in [6.45, 7) is 6.26. The van der Waals surface area contributed by atoms with Crippen LogP contribution in [0.1, 0.15) is 16.7 Å². The number of hydrogen-bond acceptors (Lipinski definition) is 3. The van der Waals surface area contributed by atoms with Crippen LogP contribution in [-0.4, -0.2) is 4.98 Å². The van der Waals surface area contributed by atoms with Crippen LogP contribution in [-0.2, 0) is 0 Å². The average molecular weight is 252 g/mol. The lowest BCUT2D eigenvalue weighted by molar-refractivity contribution is 0.619. The lowest BCUT2D eigenvalue weighted by Crippen LogP contribution is -1.89. The molecule has 0 radical (unpaired) electrons. The standard InChI is InChI=1S/C16H16N2O/c1-9-6-10(2)15(11(3)7-9)16-18-13-5-4-12(17)8-14(13)19-16/h4-8H,17H2,1-3H3. The van der Waals surface area contributed by atoms with Gasteiger partial charge in [0.2, 0.25) is 5.89 Å². The molecule has 0 saturated carbocycles. The van der Waals surface area contributed by atoms with Crippen LogP contribution in [0.5, 0.6) is 0 Å². The largest absolute Gasteiger partial charge is 0.436 e. The molecule has 3 heteroatoms. The number of oxazole rings is 1. The van der Waals surface area contributed by atoms with E-state index in [1.807, 2.05) is 18.2 Å². The van der Waals surface area contributed by atoms with Crippen molar-refractivity contribution >= 4 is 16.8 Å². The van der Waals surface area contributed by atoms with Crippen LogP contribution < -0.4 is 5.73 Å². The SMILES string of the molecule is Cc1cc(C)c(-c2nc3ccc(N)cc3o2)c(C)c1. The topological polar surface area (TPSA) is 52.0 Å². The Hall–Kier alpha value is -2.29. The molecule has 0 saturated heterocycles. The van der Waals surface area contributed by atoms with E-state index in [2.05, 4.69) is 37.9 Å². The fraction of sp³-hybridized carbons (Fsp3) is 0.188.